The van der Waals surface area contributed by atoms with Crippen LogP contribution in [0.2, 0.25) is 0 Å². The van der Waals surface area contributed by atoms with Gasteiger partial charge in [0.1, 0.15) is 0 Å². The van der Waals surface area contributed by atoms with Crippen molar-refractivity contribution in [3.05, 3.63) is 29.8 Å². The summed E-state index contributed by atoms with van der Waals surface area (Å²) in [7, 11) is 0. The van der Waals surface area contributed by atoms with Crippen molar-refractivity contribution in [3.8, 4) is 0 Å². The first kappa shape index (κ1) is 21.2. The van der Waals surface area contributed by atoms with Gasteiger partial charge in [-0.3, -0.25) is 9.59 Å². The van der Waals surface area contributed by atoms with Crippen LogP contribution in [0.1, 0.15) is 25.3 Å². The molecule has 1 aliphatic heterocycles. The van der Waals surface area contributed by atoms with E-state index in [4.69, 9.17) is 0 Å². The fraction of sp³-hybridized carbons (Fsp3) is 0.500. The summed E-state index contributed by atoms with van der Waals surface area (Å²) in [5.74, 6) is -2.03. The molecule has 1 aromatic rings. The summed E-state index contributed by atoms with van der Waals surface area (Å²) < 4.78 is 37.7. The van der Waals surface area contributed by atoms with Crippen LogP contribution in [0.3, 0.4) is 0 Å². The number of hydrogen-bond acceptors (Lipinski definition) is 3. The van der Waals surface area contributed by atoms with Gasteiger partial charge in [-0.25, -0.2) is 0 Å². The highest BCUT2D eigenvalue weighted by atomic mass is 35.5. The average Bonchev–Trinajstić information content (AvgIpc) is 3.06. The zero-order valence-corrected chi connectivity index (χ0v) is 14.5. The molecule has 1 saturated heterocycles. The summed E-state index contributed by atoms with van der Waals surface area (Å²) in [6, 6.07) is 6.26. The van der Waals surface area contributed by atoms with Gasteiger partial charge in [-0.1, -0.05) is 12.1 Å². The first-order chi connectivity index (χ1) is 11.3. The van der Waals surface area contributed by atoms with Crippen molar-refractivity contribution in [2.75, 3.05) is 18.4 Å². The van der Waals surface area contributed by atoms with Gasteiger partial charge in [-0.15, -0.1) is 12.4 Å². The molecule has 1 fully saturated rings. The Morgan fingerprint density at radius 2 is 2.08 bits per heavy atom. The molecule has 0 bridgehead atoms. The summed E-state index contributed by atoms with van der Waals surface area (Å²) in [6.07, 6.45) is -3.20. The SMILES string of the molecule is CCN(Cc1cccc(NC(=O)C2CCCN2)c1)C(=O)C(F)(F)F.Cl. The van der Waals surface area contributed by atoms with Crippen molar-refractivity contribution in [2.45, 2.75) is 38.5 Å². The number of benzene rings is 1. The number of hydrogen-bond donors (Lipinski definition) is 2. The molecule has 25 heavy (non-hydrogen) atoms. The van der Waals surface area contributed by atoms with Gasteiger partial charge in [0, 0.05) is 18.8 Å². The standard InChI is InChI=1S/C16H20F3N3O2.ClH/c1-2-22(15(24)16(17,18)19)10-11-5-3-6-12(9-11)21-14(23)13-7-4-8-20-13;/h3,5-6,9,13,20H,2,4,7-8,10H2,1H3,(H,21,23);1H. The van der Waals surface area contributed by atoms with Gasteiger partial charge < -0.3 is 15.5 Å². The van der Waals surface area contributed by atoms with Crippen molar-refractivity contribution in [1.82, 2.24) is 10.2 Å². The number of nitrogens with one attached hydrogen (secondary N) is 2. The Morgan fingerprint density at radius 3 is 2.64 bits per heavy atom. The minimum absolute atomic E-state index is 0. The van der Waals surface area contributed by atoms with Crippen LogP contribution in [-0.4, -0.2) is 42.0 Å². The normalized spacial score (nSPS) is 16.9. The first-order valence-electron chi connectivity index (χ1n) is 7.80. The molecular weight excluding hydrogens is 359 g/mol. The number of halogens is 4. The fourth-order valence-electron chi connectivity index (χ4n) is 2.61. The molecular formula is C16H21ClF3N3O2. The molecule has 9 heteroatoms. The van der Waals surface area contributed by atoms with Crippen LogP contribution in [-0.2, 0) is 16.1 Å². The Balaban J connectivity index is 0.00000312. The van der Waals surface area contributed by atoms with E-state index in [1.165, 1.54) is 6.92 Å². The molecule has 1 unspecified atom stereocenters. The van der Waals surface area contributed by atoms with Gasteiger partial charge >= 0.3 is 12.1 Å². The summed E-state index contributed by atoms with van der Waals surface area (Å²) in [5.41, 5.74) is 1.02. The Hall–Kier alpha value is -1.80. The third kappa shape index (κ3) is 5.89. The third-order valence-corrected chi connectivity index (χ3v) is 3.86. The van der Waals surface area contributed by atoms with Gasteiger partial charge in [0.05, 0.1) is 6.04 Å². The fourth-order valence-corrected chi connectivity index (χ4v) is 2.61. The predicted octanol–water partition coefficient (Wildman–Crippen LogP) is 2.71. The lowest BCUT2D eigenvalue weighted by Crippen LogP contribution is -2.40. The first-order valence-corrected chi connectivity index (χ1v) is 7.80. The van der Waals surface area contributed by atoms with Crippen molar-refractivity contribution < 1.29 is 22.8 Å². The topological polar surface area (TPSA) is 61.4 Å². The summed E-state index contributed by atoms with van der Waals surface area (Å²) in [6.45, 7) is 2.06. The van der Waals surface area contributed by atoms with Crippen LogP contribution in [0.5, 0.6) is 0 Å². The van der Waals surface area contributed by atoms with E-state index in [0.29, 0.717) is 11.3 Å². The van der Waals surface area contributed by atoms with E-state index in [0.717, 1.165) is 24.3 Å². The maximum Gasteiger partial charge on any atom is 0.471 e. The van der Waals surface area contributed by atoms with Gasteiger partial charge in [-0.2, -0.15) is 13.2 Å². The monoisotopic (exact) mass is 379 g/mol. The smallest absolute Gasteiger partial charge is 0.331 e. The molecule has 1 heterocycles. The van der Waals surface area contributed by atoms with E-state index in [-0.39, 0.29) is 37.4 Å². The quantitative estimate of drug-likeness (QED) is 0.827. The van der Waals surface area contributed by atoms with Crippen LogP contribution in [0, 0.1) is 0 Å². The Bertz CT molecular complexity index is 605. The number of rotatable bonds is 5. The molecule has 0 saturated carbocycles. The predicted molar refractivity (Wildman–Crippen MR) is 90.5 cm³/mol. The minimum Gasteiger partial charge on any atom is -0.331 e. The second-order valence-corrected chi connectivity index (χ2v) is 5.66. The molecule has 1 atom stereocenters. The number of nitrogens with zero attached hydrogens (tertiary/aromatic N) is 1. The van der Waals surface area contributed by atoms with E-state index in [1.807, 2.05) is 0 Å². The van der Waals surface area contributed by atoms with Gasteiger partial charge in [-0.05, 0) is 44.0 Å². The highest BCUT2D eigenvalue weighted by Crippen LogP contribution is 2.21. The molecule has 1 aromatic carbocycles. The molecule has 2 N–H and O–H groups in total. The maximum absolute atomic E-state index is 12.6. The van der Waals surface area contributed by atoms with Crippen molar-refractivity contribution in [2.24, 2.45) is 0 Å². The molecule has 1 aliphatic rings. The highest BCUT2D eigenvalue weighted by molar-refractivity contribution is 5.95. The Labute approximate surface area is 150 Å². The maximum atomic E-state index is 12.6. The Kier molecular flexibility index (Phi) is 7.69. The zero-order valence-electron chi connectivity index (χ0n) is 13.7. The second kappa shape index (κ2) is 9.05. The number of alkyl halides is 3. The number of amides is 2. The van der Waals surface area contributed by atoms with Gasteiger partial charge in [0.15, 0.2) is 0 Å². The Morgan fingerprint density at radius 1 is 1.36 bits per heavy atom. The van der Waals surface area contributed by atoms with Crippen molar-refractivity contribution >= 4 is 29.9 Å². The largest absolute Gasteiger partial charge is 0.471 e. The molecule has 2 amide bonds. The number of carbonyl (C=O) groups is 2. The van der Waals surface area contributed by atoms with E-state index in [1.54, 1.807) is 24.3 Å². The number of anilines is 1. The van der Waals surface area contributed by atoms with Gasteiger partial charge in [0.2, 0.25) is 5.91 Å². The van der Waals surface area contributed by atoms with E-state index < -0.39 is 12.1 Å². The third-order valence-electron chi connectivity index (χ3n) is 3.86. The summed E-state index contributed by atoms with van der Waals surface area (Å²) >= 11 is 0. The molecule has 0 aliphatic carbocycles. The van der Waals surface area contributed by atoms with E-state index in [2.05, 4.69) is 10.6 Å². The molecule has 0 spiro atoms. The van der Waals surface area contributed by atoms with Crippen LogP contribution < -0.4 is 10.6 Å². The lowest BCUT2D eigenvalue weighted by Gasteiger charge is -2.22. The van der Waals surface area contributed by atoms with Crippen LogP contribution in [0.15, 0.2) is 24.3 Å². The summed E-state index contributed by atoms with van der Waals surface area (Å²) in [4.78, 5) is 24.1. The van der Waals surface area contributed by atoms with E-state index in [9.17, 15) is 22.8 Å². The molecule has 140 valence electrons. The lowest BCUT2D eigenvalue weighted by atomic mass is 10.1. The van der Waals surface area contributed by atoms with Gasteiger partial charge in [0.25, 0.3) is 0 Å². The van der Waals surface area contributed by atoms with E-state index >= 15 is 0 Å². The molecule has 5 nitrogen and oxygen atoms in total. The lowest BCUT2D eigenvalue weighted by molar-refractivity contribution is -0.185. The summed E-state index contributed by atoms with van der Waals surface area (Å²) in [5, 5.41) is 5.82. The number of carbonyl (C=O) groups excluding carboxylic acids is 2. The molecule has 0 aromatic heterocycles. The van der Waals surface area contributed by atoms with Crippen LogP contribution >= 0.6 is 12.4 Å². The van der Waals surface area contributed by atoms with Crippen molar-refractivity contribution in [1.29, 1.82) is 0 Å². The van der Waals surface area contributed by atoms with Crippen LogP contribution in [0.4, 0.5) is 18.9 Å². The zero-order chi connectivity index (χ0) is 17.7. The van der Waals surface area contributed by atoms with Crippen molar-refractivity contribution in [3.63, 3.8) is 0 Å². The highest BCUT2D eigenvalue weighted by Gasteiger charge is 2.41. The second-order valence-electron chi connectivity index (χ2n) is 5.66. The molecule has 2 rings (SSSR count). The minimum atomic E-state index is -4.89. The average molecular weight is 380 g/mol. The van der Waals surface area contributed by atoms with Crippen LogP contribution in [0.25, 0.3) is 0 Å². The molecule has 0 radical (unpaired) electrons.